The topological polar surface area (TPSA) is 63.6 Å². The van der Waals surface area contributed by atoms with Crippen LogP contribution in [0.2, 0.25) is 5.02 Å². The first-order chi connectivity index (χ1) is 10.1. The van der Waals surface area contributed by atoms with E-state index in [1.54, 1.807) is 36.4 Å². The van der Waals surface area contributed by atoms with Gasteiger partial charge >= 0.3 is 5.97 Å². The van der Waals surface area contributed by atoms with Crippen LogP contribution in [0.1, 0.15) is 10.4 Å². The zero-order chi connectivity index (χ0) is 15.2. The lowest BCUT2D eigenvalue weighted by molar-refractivity contribution is 0.0696. The molecule has 1 N–H and O–H groups in total. The third-order valence-electron chi connectivity index (χ3n) is 2.68. The standard InChI is InChI=1S/C15H13ClO4S/c16-12-4-2-6-14(10-12)21(19)8-7-20-13-5-1-3-11(9-13)15(17)18/h1-6,9-10H,7-8H2,(H,17,18). The Hall–Kier alpha value is -1.85. The van der Waals surface area contributed by atoms with E-state index in [1.165, 1.54) is 12.1 Å². The number of hydrogen-bond donors (Lipinski definition) is 1. The van der Waals surface area contributed by atoms with Gasteiger partial charge in [0.05, 0.1) is 22.1 Å². The van der Waals surface area contributed by atoms with Crippen LogP contribution in [-0.2, 0) is 10.8 Å². The number of halogens is 1. The fourth-order valence-corrected chi connectivity index (χ4v) is 2.89. The van der Waals surface area contributed by atoms with E-state index in [0.717, 1.165) is 0 Å². The van der Waals surface area contributed by atoms with E-state index in [0.29, 0.717) is 21.4 Å². The van der Waals surface area contributed by atoms with Gasteiger partial charge in [0, 0.05) is 9.92 Å². The summed E-state index contributed by atoms with van der Waals surface area (Å²) in [7, 11) is -1.21. The molecule has 4 nitrogen and oxygen atoms in total. The molecule has 2 aromatic carbocycles. The van der Waals surface area contributed by atoms with E-state index in [4.69, 9.17) is 21.4 Å². The summed E-state index contributed by atoms with van der Waals surface area (Å²) in [5.41, 5.74) is 0.156. The Bertz CT molecular complexity index is 672. The molecule has 0 amide bonds. The molecular formula is C15H13ClO4S. The van der Waals surface area contributed by atoms with Gasteiger partial charge in [-0.15, -0.1) is 0 Å². The van der Waals surface area contributed by atoms with Crippen LogP contribution in [0.25, 0.3) is 0 Å². The first kappa shape index (κ1) is 15.5. The zero-order valence-electron chi connectivity index (χ0n) is 11.0. The summed E-state index contributed by atoms with van der Waals surface area (Å²) in [5.74, 6) is -0.265. The van der Waals surface area contributed by atoms with Gasteiger partial charge in [-0.25, -0.2) is 4.79 Å². The second-order valence-corrected chi connectivity index (χ2v) is 6.20. The Morgan fingerprint density at radius 1 is 1.19 bits per heavy atom. The number of rotatable bonds is 6. The quantitative estimate of drug-likeness (QED) is 0.886. The molecule has 6 heteroatoms. The maximum atomic E-state index is 12.0. The highest BCUT2D eigenvalue weighted by Crippen LogP contribution is 2.16. The molecule has 1 atom stereocenters. The fourth-order valence-electron chi connectivity index (χ4n) is 1.68. The molecule has 2 rings (SSSR count). The summed E-state index contributed by atoms with van der Waals surface area (Å²) in [6.07, 6.45) is 0. The Kier molecular flexibility index (Phi) is 5.36. The van der Waals surface area contributed by atoms with Gasteiger partial charge in [-0.3, -0.25) is 4.21 Å². The van der Waals surface area contributed by atoms with Gasteiger partial charge in [-0.05, 0) is 36.4 Å². The molecule has 0 saturated heterocycles. The van der Waals surface area contributed by atoms with Crippen molar-refractivity contribution < 1.29 is 18.8 Å². The number of carboxylic acids is 1. The molecule has 2 aromatic rings. The Balaban J connectivity index is 1.91. The number of benzene rings is 2. The van der Waals surface area contributed by atoms with Gasteiger partial charge in [-0.1, -0.05) is 23.7 Å². The first-order valence-electron chi connectivity index (χ1n) is 6.16. The Labute approximate surface area is 129 Å². The van der Waals surface area contributed by atoms with Crippen molar-refractivity contribution in [3.05, 3.63) is 59.1 Å². The first-order valence-corrected chi connectivity index (χ1v) is 7.86. The van der Waals surface area contributed by atoms with Crippen LogP contribution in [0.4, 0.5) is 0 Å². The third-order valence-corrected chi connectivity index (χ3v) is 4.23. The van der Waals surface area contributed by atoms with Crippen molar-refractivity contribution in [2.24, 2.45) is 0 Å². The SMILES string of the molecule is O=C(O)c1cccc(OCCS(=O)c2cccc(Cl)c2)c1. The van der Waals surface area contributed by atoms with E-state index in [2.05, 4.69) is 0 Å². The summed E-state index contributed by atoms with van der Waals surface area (Å²) < 4.78 is 17.5. The Morgan fingerprint density at radius 2 is 1.95 bits per heavy atom. The van der Waals surface area contributed by atoms with Gasteiger partial charge in [0.2, 0.25) is 0 Å². The summed E-state index contributed by atoms with van der Waals surface area (Å²) >= 11 is 5.84. The molecule has 0 aliphatic heterocycles. The number of aromatic carboxylic acids is 1. The highest BCUT2D eigenvalue weighted by Gasteiger charge is 2.06. The van der Waals surface area contributed by atoms with Crippen LogP contribution in [0.5, 0.6) is 5.75 Å². The average molecular weight is 325 g/mol. The van der Waals surface area contributed by atoms with Crippen molar-refractivity contribution in [1.29, 1.82) is 0 Å². The van der Waals surface area contributed by atoms with Crippen LogP contribution in [0, 0.1) is 0 Å². The number of hydrogen-bond acceptors (Lipinski definition) is 3. The minimum Gasteiger partial charge on any atom is -0.493 e. The minimum atomic E-state index is -1.21. The maximum absolute atomic E-state index is 12.0. The van der Waals surface area contributed by atoms with Crippen molar-refractivity contribution in [2.75, 3.05) is 12.4 Å². The van der Waals surface area contributed by atoms with Crippen LogP contribution in [-0.4, -0.2) is 27.6 Å². The van der Waals surface area contributed by atoms with Gasteiger partial charge in [-0.2, -0.15) is 0 Å². The Morgan fingerprint density at radius 3 is 2.67 bits per heavy atom. The predicted octanol–water partition coefficient (Wildman–Crippen LogP) is 3.22. The second kappa shape index (κ2) is 7.24. The number of carboxylic acid groups (broad SMARTS) is 1. The van der Waals surface area contributed by atoms with Gasteiger partial charge in [0.25, 0.3) is 0 Å². The lowest BCUT2D eigenvalue weighted by Gasteiger charge is -2.07. The van der Waals surface area contributed by atoms with E-state index >= 15 is 0 Å². The summed E-state index contributed by atoms with van der Waals surface area (Å²) in [5, 5.41) is 9.42. The smallest absolute Gasteiger partial charge is 0.335 e. The third kappa shape index (κ3) is 4.58. The van der Waals surface area contributed by atoms with Crippen molar-refractivity contribution >= 4 is 28.4 Å². The van der Waals surface area contributed by atoms with Gasteiger partial charge in [0.15, 0.2) is 0 Å². The number of ether oxygens (including phenoxy) is 1. The molecule has 1 unspecified atom stereocenters. The molecule has 0 aliphatic carbocycles. The van der Waals surface area contributed by atoms with Gasteiger partial charge < -0.3 is 9.84 Å². The maximum Gasteiger partial charge on any atom is 0.335 e. The van der Waals surface area contributed by atoms with Crippen LogP contribution in [0.15, 0.2) is 53.4 Å². The molecule has 0 aliphatic rings. The second-order valence-electron chi connectivity index (χ2n) is 4.19. The molecule has 0 fully saturated rings. The van der Waals surface area contributed by atoms with Crippen LogP contribution >= 0.6 is 11.6 Å². The van der Waals surface area contributed by atoms with E-state index in [1.807, 2.05) is 0 Å². The molecule has 0 radical (unpaired) electrons. The molecule has 110 valence electrons. The molecule has 0 saturated carbocycles. The number of carbonyl (C=O) groups is 1. The normalized spacial score (nSPS) is 11.9. The van der Waals surface area contributed by atoms with Crippen molar-refractivity contribution in [1.82, 2.24) is 0 Å². The van der Waals surface area contributed by atoms with Gasteiger partial charge in [0.1, 0.15) is 12.4 Å². The minimum absolute atomic E-state index is 0.156. The average Bonchev–Trinajstić information content (AvgIpc) is 2.47. The molecule has 21 heavy (non-hydrogen) atoms. The highest BCUT2D eigenvalue weighted by atomic mass is 35.5. The lowest BCUT2D eigenvalue weighted by atomic mass is 10.2. The molecule has 0 spiro atoms. The van der Waals surface area contributed by atoms with Crippen molar-refractivity contribution in [3.8, 4) is 5.75 Å². The fraction of sp³-hybridized carbons (Fsp3) is 0.133. The predicted molar refractivity (Wildman–Crippen MR) is 81.6 cm³/mol. The van der Waals surface area contributed by atoms with E-state index in [-0.39, 0.29) is 12.2 Å². The van der Waals surface area contributed by atoms with Crippen LogP contribution in [0.3, 0.4) is 0 Å². The molecule has 0 heterocycles. The van der Waals surface area contributed by atoms with Crippen molar-refractivity contribution in [3.63, 3.8) is 0 Å². The van der Waals surface area contributed by atoms with Crippen LogP contribution < -0.4 is 4.74 Å². The lowest BCUT2D eigenvalue weighted by Crippen LogP contribution is -2.09. The van der Waals surface area contributed by atoms with E-state index in [9.17, 15) is 9.00 Å². The van der Waals surface area contributed by atoms with E-state index < -0.39 is 16.8 Å². The molecular weight excluding hydrogens is 312 g/mol. The van der Waals surface area contributed by atoms with Crippen molar-refractivity contribution in [2.45, 2.75) is 4.90 Å². The zero-order valence-corrected chi connectivity index (χ0v) is 12.6. The monoisotopic (exact) mass is 324 g/mol. The highest BCUT2D eigenvalue weighted by molar-refractivity contribution is 7.85. The largest absolute Gasteiger partial charge is 0.493 e. The summed E-state index contributed by atoms with van der Waals surface area (Å²) in [6, 6.07) is 13.0. The summed E-state index contributed by atoms with van der Waals surface area (Å²) in [4.78, 5) is 11.5. The summed E-state index contributed by atoms with van der Waals surface area (Å²) in [6.45, 7) is 0.224. The molecule has 0 bridgehead atoms. The molecule has 0 aromatic heterocycles.